The molecular weight excluding hydrogens is 301 g/mol. The van der Waals surface area contributed by atoms with Crippen molar-refractivity contribution in [2.45, 2.75) is 18.4 Å². The van der Waals surface area contributed by atoms with E-state index in [0.29, 0.717) is 11.8 Å². The highest BCUT2D eigenvalue weighted by atomic mass is 35.5. The normalized spacial score (nSPS) is 26.1. The van der Waals surface area contributed by atoms with Gasteiger partial charge in [-0.3, -0.25) is 0 Å². The number of allylic oxidation sites excluding steroid dienone is 2. The minimum Gasteiger partial charge on any atom is -0.378 e. The van der Waals surface area contributed by atoms with Gasteiger partial charge < -0.3 is 5.32 Å². The van der Waals surface area contributed by atoms with Crippen LogP contribution in [0.5, 0.6) is 0 Å². The molecule has 0 fully saturated rings. The quantitative estimate of drug-likeness (QED) is 0.654. The molecule has 0 radical (unpaired) electrons. The molecule has 106 valence electrons. The van der Waals surface area contributed by atoms with Crippen molar-refractivity contribution in [1.82, 2.24) is 0 Å². The summed E-state index contributed by atoms with van der Waals surface area (Å²) in [6.45, 7) is 0. The van der Waals surface area contributed by atoms with Crippen molar-refractivity contribution in [2.75, 3.05) is 5.32 Å². The van der Waals surface area contributed by atoms with Crippen LogP contribution in [0, 0.1) is 5.92 Å². The molecule has 4 rings (SSSR count). The lowest BCUT2D eigenvalue weighted by molar-refractivity contribution is 0.425. The highest BCUT2D eigenvalue weighted by Crippen LogP contribution is 2.50. The molecule has 3 heteroatoms. The Morgan fingerprint density at radius 2 is 1.86 bits per heavy atom. The van der Waals surface area contributed by atoms with E-state index in [1.165, 1.54) is 16.8 Å². The maximum Gasteiger partial charge on any atom is 0.0554 e. The van der Waals surface area contributed by atoms with E-state index in [9.17, 15) is 0 Å². The van der Waals surface area contributed by atoms with E-state index in [1.54, 1.807) is 0 Å². The molecule has 0 saturated carbocycles. The third kappa shape index (κ3) is 2.25. The number of hydrogen-bond acceptors (Lipinski definition) is 1. The Balaban J connectivity index is 1.80. The first-order valence-electron chi connectivity index (χ1n) is 7.20. The third-order valence-electron chi connectivity index (χ3n) is 4.53. The molecule has 2 aromatic rings. The Bertz CT molecular complexity index is 723. The molecule has 3 atom stereocenters. The zero-order chi connectivity index (χ0) is 14.4. The maximum atomic E-state index is 6.17. The van der Waals surface area contributed by atoms with Gasteiger partial charge in [0.25, 0.3) is 0 Å². The van der Waals surface area contributed by atoms with Crippen molar-refractivity contribution in [3.63, 3.8) is 0 Å². The SMILES string of the molecule is Clc1cccc([C@@H]2Nc3ccc(Cl)cc3[C@@H]3C=CC[C@@H]32)c1. The number of halogens is 2. The lowest BCUT2D eigenvalue weighted by atomic mass is 9.77. The molecule has 0 spiro atoms. The number of hydrogen-bond donors (Lipinski definition) is 1. The number of benzene rings is 2. The molecule has 1 heterocycles. The van der Waals surface area contributed by atoms with Crippen LogP contribution in [0.1, 0.15) is 29.5 Å². The van der Waals surface area contributed by atoms with Crippen LogP contribution >= 0.6 is 23.2 Å². The zero-order valence-electron chi connectivity index (χ0n) is 11.4. The third-order valence-corrected chi connectivity index (χ3v) is 5.00. The van der Waals surface area contributed by atoms with Crippen LogP contribution in [0.2, 0.25) is 10.0 Å². The summed E-state index contributed by atoms with van der Waals surface area (Å²) < 4.78 is 0. The van der Waals surface area contributed by atoms with Crippen molar-refractivity contribution in [3.8, 4) is 0 Å². The van der Waals surface area contributed by atoms with Gasteiger partial charge in [0, 0.05) is 21.7 Å². The van der Waals surface area contributed by atoms with E-state index in [0.717, 1.165) is 16.5 Å². The van der Waals surface area contributed by atoms with Gasteiger partial charge in [0.2, 0.25) is 0 Å². The summed E-state index contributed by atoms with van der Waals surface area (Å²) in [7, 11) is 0. The molecular formula is C18H15Cl2N. The van der Waals surface area contributed by atoms with E-state index >= 15 is 0 Å². The molecule has 2 aromatic carbocycles. The number of anilines is 1. The number of rotatable bonds is 1. The van der Waals surface area contributed by atoms with E-state index in [1.807, 2.05) is 18.2 Å². The summed E-state index contributed by atoms with van der Waals surface area (Å²) in [6, 6.07) is 14.6. The second kappa shape index (κ2) is 5.08. The van der Waals surface area contributed by atoms with Gasteiger partial charge in [-0.2, -0.15) is 0 Å². The summed E-state index contributed by atoms with van der Waals surface area (Å²) in [5.74, 6) is 0.957. The minimum atomic E-state index is 0.289. The molecule has 1 nitrogen and oxygen atoms in total. The lowest BCUT2D eigenvalue weighted by Crippen LogP contribution is -2.29. The van der Waals surface area contributed by atoms with Crippen molar-refractivity contribution < 1.29 is 0 Å². The van der Waals surface area contributed by atoms with E-state index in [-0.39, 0.29) is 6.04 Å². The van der Waals surface area contributed by atoms with Gasteiger partial charge in [-0.05, 0) is 53.8 Å². The Labute approximate surface area is 134 Å². The Morgan fingerprint density at radius 3 is 2.71 bits per heavy atom. The molecule has 21 heavy (non-hydrogen) atoms. The van der Waals surface area contributed by atoms with Crippen LogP contribution in [-0.2, 0) is 0 Å². The first kappa shape index (κ1) is 13.2. The molecule has 1 N–H and O–H groups in total. The first-order chi connectivity index (χ1) is 10.2. The molecule has 0 saturated heterocycles. The Hall–Kier alpha value is -1.44. The fourth-order valence-electron chi connectivity index (χ4n) is 3.60. The van der Waals surface area contributed by atoms with Gasteiger partial charge in [0.05, 0.1) is 6.04 Å². The number of fused-ring (bicyclic) bond motifs is 3. The van der Waals surface area contributed by atoms with Crippen molar-refractivity contribution in [3.05, 3.63) is 75.8 Å². The predicted octanol–water partition coefficient (Wildman–Crippen LogP) is 5.82. The highest BCUT2D eigenvalue weighted by Gasteiger charge is 2.37. The van der Waals surface area contributed by atoms with Crippen LogP contribution in [-0.4, -0.2) is 0 Å². The molecule has 0 amide bonds. The first-order valence-corrected chi connectivity index (χ1v) is 7.96. The fourth-order valence-corrected chi connectivity index (χ4v) is 3.97. The lowest BCUT2D eigenvalue weighted by Gasteiger charge is -2.37. The second-order valence-electron chi connectivity index (χ2n) is 5.76. The average molecular weight is 316 g/mol. The summed E-state index contributed by atoms with van der Waals surface area (Å²) in [5.41, 5.74) is 3.73. The molecule has 0 bridgehead atoms. The van der Waals surface area contributed by atoms with Crippen molar-refractivity contribution >= 4 is 28.9 Å². The molecule has 0 unspecified atom stereocenters. The van der Waals surface area contributed by atoms with Crippen molar-refractivity contribution in [2.24, 2.45) is 5.92 Å². The van der Waals surface area contributed by atoms with Gasteiger partial charge in [0.1, 0.15) is 0 Å². The van der Waals surface area contributed by atoms with Gasteiger partial charge in [-0.25, -0.2) is 0 Å². The largest absolute Gasteiger partial charge is 0.378 e. The van der Waals surface area contributed by atoms with Crippen LogP contribution in [0.15, 0.2) is 54.6 Å². The summed E-state index contributed by atoms with van der Waals surface area (Å²) >= 11 is 12.3. The molecule has 2 aliphatic rings. The van der Waals surface area contributed by atoms with Crippen LogP contribution in [0.25, 0.3) is 0 Å². The van der Waals surface area contributed by atoms with Crippen LogP contribution in [0.3, 0.4) is 0 Å². The zero-order valence-corrected chi connectivity index (χ0v) is 12.9. The summed E-state index contributed by atoms with van der Waals surface area (Å²) in [5, 5.41) is 5.27. The molecule has 1 aliphatic carbocycles. The van der Waals surface area contributed by atoms with Crippen LogP contribution in [0.4, 0.5) is 5.69 Å². The Kier molecular flexibility index (Phi) is 3.20. The van der Waals surface area contributed by atoms with Gasteiger partial charge in [-0.1, -0.05) is 47.5 Å². The van der Waals surface area contributed by atoms with Crippen molar-refractivity contribution in [1.29, 1.82) is 0 Å². The van der Waals surface area contributed by atoms with Gasteiger partial charge >= 0.3 is 0 Å². The van der Waals surface area contributed by atoms with E-state index in [4.69, 9.17) is 23.2 Å². The number of nitrogens with one attached hydrogen (secondary N) is 1. The van der Waals surface area contributed by atoms with Crippen LogP contribution < -0.4 is 5.32 Å². The predicted molar refractivity (Wildman–Crippen MR) is 89.3 cm³/mol. The van der Waals surface area contributed by atoms with Gasteiger partial charge in [0.15, 0.2) is 0 Å². The van der Waals surface area contributed by atoms with E-state index in [2.05, 4.69) is 41.7 Å². The van der Waals surface area contributed by atoms with Gasteiger partial charge in [-0.15, -0.1) is 0 Å². The monoisotopic (exact) mass is 315 g/mol. The topological polar surface area (TPSA) is 12.0 Å². The average Bonchev–Trinajstić information content (AvgIpc) is 2.96. The Morgan fingerprint density at radius 1 is 1.00 bits per heavy atom. The fraction of sp³-hybridized carbons (Fsp3) is 0.222. The maximum absolute atomic E-state index is 6.17. The minimum absolute atomic E-state index is 0.289. The van der Waals surface area contributed by atoms with E-state index < -0.39 is 0 Å². The second-order valence-corrected chi connectivity index (χ2v) is 6.63. The summed E-state index contributed by atoms with van der Waals surface area (Å²) in [6.07, 6.45) is 5.68. The molecule has 1 aliphatic heterocycles. The standard InChI is InChI=1S/C18H15Cl2N/c19-12-4-1-3-11(9-12)18-15-6-2-5-14(15)16-10-13(20)7-8-17(16)21-18/h1-5,7-10,14-15,18,21H,6H2/t14-,15+,18+/m1/s1. The summed E-state index contributed by atoms with van der Waals surface area (Å²) in [4.78, 5) is 0. The highest BCUT2D eigenvalue weighted by molar-refractivity contribution is 6.31. The smallest absolute Gasteiger partial charge is 0.0554 e. The molecule has 0 aromatic heterocycles.